The maximum atomic E-state index is 2.67. The van der Waals surface area contributed by atoms with Crippen LogP contribution in [0.25, 0.3) is 0 Å². The van der Waals surface area contributed by atoms with Crippen LogP contribution in [0.5, 0.6) is 0 Å². The summed E-state index contributed by atoms with van der Waals surface area (Å²) < 4.78 is 0. The van der Waals surface area contributed by atoms with Crippen LogP contribution in [0.4, 0.5) is 0 Å². The second-order valence-electron chi connectivity index (χ2n) is 15.7. The second-order valence-corrected chi connectivity index (χ2v) is 15.7. The molecule has 0 radical (unpaired) electrons. The van der Waals surface area contributed by atoms with Gasteiger partial charge in [0.05, 0.1) is 0 Å². The van der Waals surface area contributed by atoms with Crippen molar-refractivity contribution in [2.75, 3.05) is 0 Å². The Kier molecular flexibility index (Phi) is 14.1. The summed E-state index contributed by atoms with van der Waals surface area (Å²) in [6.07, 6.45) is 24.7. The minimum Gasteiger partial charge on any atom is -0.0654 e. The number of unbranched alkanes of at least 4 members (excludes halogenated alkanes) is 1. The van der Waals surface area contributed by atoms with E-state index in [2.05, 4.69) is 69.2 Å². The molecule has 0 aromatic heterocycles. The molecule has 0 heteroatoms. The molecule has 9 atom stereocenters. The van der Waals surface area contributed by atoms with E-state index in [1.165, 1.54) is 109 Å². The van der Waals surface area contributed by atoms with Gasteiger partial charge < -0.3 is 0 Å². The molecule has 2 aliphatic rings. The van der Waals surface area contributed by atoms with Crippen molar-refractivity contribution in [3.8, 4) is 0 Å². The molecule has 0 bridgehead atoms. The predicted octanol–water partition coefficient (Wildman–Crippen LogP) is 12.7. The molecule has 0 aromatic carbocycles. The van der Waals surface area contributed by atoms with Gasteiger partial charge in [0.2, 0.25) is 0 Å². The highest BCUT2D eigenvalue weighted by Crippen LogP contribution is 2.65. The van der Waals surface area contributed by atoms with Gasteiger partial charge in [-0.2, -0.15) is 0 Å². The fourth-order valence-electron chi connectivity index (χ4n) is 9.09. The van der Waals surface area contributed by atoms with E-state index in [-0.39, 0.29) is 0 Å². The molecule has 0 nitrogen and oxygen atoms in total. The van der Waals surface area contributed by atoms with Crippen molar-refractivity contribution in [2.45, 2.75) is 178 Å². The Labute approximate surface area is 236 Å². The number of hydrogen-bond acceptors (Lipinski definition) is 0. The monoisotopic (exact) mass is 517 g/mol. The summed E-state index contributed by atoms with van der Waals surface area (Å²) in [7, 11) is 0. The van der Waals surface area contributed by atoms with Gasteiger partial charge in [-0.3, -0.25) is 0 Å². The topological polar surface area (TPSA) is 0 Å². The average molecular weight is 517 g/mol. The van der Waals surface area contributed by atoms with Crippen molar-refractivity contribution in [1.82, 2.24) is 0 Å². The van der Waals surface area contributed by atoms with Crippen LogP contribution in [0.2, 0.25) is 0 Å². The molecule has 2 saturated carbocycles. The zero-order chi connectivity index (χ0) is 27.6. The highest BCUT2D eigenvalue weighted by molar-refractivity contribution is 5.06. The summed E-state index contributed by atoms with van der Waals surface area (Å²) in [6.45, 7) is 24.9. The molecule has 0 aliphatic heterocycles. The third-order valence-corrected chi connectivity index (χ3v) is 12.0. The Bertz CT molecular complexity index is 605. The summed E-state index contributed by atoms with van der Waals surface area (Å²) in [5, 5.41) is 0. The van der Waals surface area contributed by atoms with Crippen molar-refractivity contribution in [2.24, 2.45) is 58.2 Å². The van der Waals surface area contributed by atoms with Gasteiger partial charge in [-0.05, 0) is 103 Å². The lowest BCUT2D eigenvalue weighted by molar-refractivity contribution is 0.0884. The lowest BCUT2D eigenvalue weighted by Gasteiger charge is -2.41. The summed E-state index contributed by atoms with van der Waals surface area (Å²) in [5.41, 5.74) is 1.23. The lowest BCUT2D eigenvalue weighted by Crippen LogP contribution is -2.32. The molecule has 0 N–H and O–H groups in total. The van der Waals surface area contributed by atoms with Crippen LogP contribution < -0.4 is 0 Å². The summed E-state index contributed by atoms with van der Waals surface area (Å²) >= 11 is 0. The first kappa shape index (κ1) is 33.2. The van der Waals surface area contributed by atoms with Gasteiger partial charge in [-0.15, -0.1) is 0 Å². The Morgan fingerprint density at radius 1 is 0.811 bits per heavy atom. The standard InChI is InChI=1S/C37H72/c1-11-15-22-37(14-4,21-12-2)26-32(13-3)20-19-29(7)23-33-34-24-31(9)36(10,27-35(33)34)25-30(8)18-16-17-28(5)6/h28-35H,11-27H2,1-10H3. The number of hydrogen-bond donors (Lipinski definition) is 0. The van der Waals surface area contributed by atoms with Gasteiger partial charge in [-0.25, -0.2) is 0 Å². The fourth-order valence-corrected chi connectivity index (χ4v) is 9.09. The van der Waals surface area contributed by atoms with Gasteiger partial charge in [0.1, 0.15) is 0 Å². The maximum absolute atomic E-state index is 2.67. The molecule has 2 rings (SSSR count). The summed E-state index contributed by atoms with van der Waals surface area (Å²) in [4.78, 5) is 0. The normalized spacial score (nSPS) is 31.5. The zero-order valence-corrected chi connectivity index (χ0v) is 27.6. The first-order valence-corrected chi connectivity index (χ1v) is 17.5. The van der Waals surface area contributed by atoms with Gasteiger partial charge in [0.15, 0.2) is 0 Å². The van der Waals surface area contributed by atoms with Crippen molar-refractivity contribution in [3.05, 3.63) is 0 Å². The first-order valence-electron chi connectivity index (χ1n) is 17.5. The lowest BCUT2D eigenvalue weighted by atomic mass is 9.64. The van der Waals surface area contributed by atoms with E-state index in [9.17, 15) is 0 Å². The zero-order valence-electron chi connectivity index (χ0n) is 27.6. The predicted molar refractivity (Wildman–Crippen MR) is 168 cm³/mol. The molecular weight excluding hydrogens is 444 g/mol. The third-order valence-electron chi connectivity index (χ3n) is 12.0. The van der Waals surface area contributed by atoms with Crippen LogP contribution >= 0.6 is 0 Å². The van der Waals surface area contributed by atoms with Gasteiger partial charge in [-0.1, -0.05) is 133 Å². The van der Waals surface area contributed by atoms with E-state index in [1.54, 1.807) is 0 Å². The number of rotatable bonds is 20. The maximum Gasteiger partial charge on any atom is -0.0295 e. The summed E-state index contributed by atoms with van der Waals surface area (Å²) in [6, 6.07) is 0. The van der Waals surface area contributed by atoms with Crippen molar-refractivity contribution >= 4 is 0 Å². The van der Waals surface area contributed by atoms with E-state index in [4.69, 9.17) is 0 Å². The highest BCUT2D eigenvalue weighted by Gasteiger charge is 2.57. The molecular formula is C37H72. The SMILES string of the molecule is CCCCC(CC)(CCC)CC(CC)CCC(C)CC1C2CC(C)C(C)(CC(C)CCCC(C)C)CC12. The van der Waals surface area contributed by atoms with E-state index < -0.39 is 0 Å². The quantitative estimate of drug-likeness (QED) is 0.151. The molecule has 0 saturated heterocycles. The molecule has 0 heterocycles. The summed E-state index contributed by atoms with van der Waals surface area (Å²) in [5.74, 6) is 7.79. The second kappa shape index (κ2) is 15.7. The number of fused-ring (bicyclic) bond motifs is 1. The van der Waals surface area contributed by atoms with Crippen molar-refractivity contribution < 1.29 is 0 Å². The molecule has 0 amide bonds. The minimum absolute atomic E-state index is 0.602. The largest absolute Gasteiger partial charge is 0.0654 e. The van der Waals surface area contributed by atoms with Crippen LogP contribution in [-0.4, -0.2) is 0 Å². The Hall–Kier alpha value is 0. The van der Waals surface area contributed by atoms with Crippen LogP contribution in [0, 0.1) is 58.2 Å². The highest BCUT2D eigenvalue weighted by atomic mass is 14.6. The van der Waals surface area contributed by atoms with Crippen LogP contribution in [0.3, 0.4) is 0 Å². The van der Waals surface area contributed by atoms with Gasteiger partial charge in [0.25, 0.3) is 0 Å². The molecule has 0 aromatic rings. The fraction of sp³-hybridized carbons (Fsp3) is 1.00. The van der Waals surface area contributed by atoms with Gasteiger partial charge >= 0.3 is 0 Å². The van der Waals surface area contributed by atoms with Crippen LogP contribution in [0.15, 0.2) is 0 Å². The molecule has 9 unspecified atom stereocenters. The average Bonchev–Trinajstić information content (AvgIpc) is 3.48. The van der Waals surface area contributed by atoms with Crippen molar-refractivity contribution in [1.29, 1.82) is 0 Å². The minimum atomic E-state index is 0.602. The third kappa shape index (κ3) is 10.2. The molecule has 2 fully saturated rings. The van der Waals surface area contributed by atoms with E-state index in [1.807, 2.05) is 0 Å². The Morgan fingerprint density at radius 2 is 1.54 bits per heavy atom. The smallest absolute Gasteiger partial charge is 0.0295 e. The first-order chi connectivity index (χ1) is 17.5. The Balaban J connectivity index is 1.82. The Morgan fingerprint density at radius 3 is 2.14 bits per heavy atom. The van der Waals surface area contributed by atoms with Crippen molar-refractivity contribution in [3.63, 3.8) is 0 Å². The molecule has 0 spiro atoms. The van der Waals surface area contributed by atoms with Gasteiger partial charge in [0, 0.05) is 0 Å². The van der Waals surface area contributed by atoms with Crippen LogP contribution in [0.1, 0.15) is 178 Å². The molecule has 220 valence electrons. The van der Waals surface area contributed by atoms with E-state index >= 15 is 0 Å². The molecule has 37 heavy (non-hydrogen) atoms. The van der Waals surface area contributed by atoms with E-state index in [0.29, 0.717) is 10.8 Å². The van der Waals surface area contributed by atoms with E-state index in [0.717, 1.165) is 47.3 Å². The van der Waals surface area contributed by atoms with Crippen LogP contribution in [-0.2, 0) is 0 Å². The molecule has 2 aliphatic carbocycles.